The van der Waals surface area contributed by atoms with Crippen LogP contribution in [0.2, 0.25) is 5.02 Å². The number of hydrogen-bond donors (Lipinski definition) is 2. The van der Waals surface area contributed by atoms with E-state index in [1.165, 1.54) is 12.1 Å². The molecule has 0 aliphatic carbocycles. The van der Waals surface area contributed by atoms with E-state index in [1.54, 1.807) is 36.4 Å². The van der Waals surface area contributed by atoms with Gasteiger partial charge in [-0.15, -0.1) is 0 Å². The van der Waals surface area contributed by atoms with Crippen LogP contribution in [0.5, 0.6) is 0 Å². The smallest absolute Gasteiger partial charge is 0.241 e. The molecule has 2 aromatic carbocycles. The molecule has 2 aromatic rings. The van der Waals surface area contributed by atoms with Crippen molar-refractivity contribution in [1.82, 2.24) is 0 Å². The van der Waals surface area contributed by atoms with Crippen LogP contribution in [0.4, 0.5) is 5.69 Å². The van der Waals surface area contributed by atoms with Crippen LogP contribution in [0.25, 0.3) is 0 Å². The first-order valence-corrected chi connectivity index (χ1v) is 8.48. The Hall–Kier alpha value is -2.05. The van der Waals surface area contributed by atoms with E-state index in [4.69, 9.17) is 17.3 Å². The predicted molar refractivity (Wildman–Crippen MR) is 84.4 cm³/mol. The standard InChI is InChI=1S/C15H13ClN2O3S/c16-9-6-7-12-11(8-9)14(13(18-12)15(17)19)22(20,21)10-4-2-1-3-5-10/h1-8,13-14,18H,(H2,17,19)/t13-,14+/m0/s1. The van der Waals surface area contributed by atoms with Crippen molar-refractivity contribution in [2.75, 3.05) is 5.32 Å². The first-order chi connectivity index (χ1) is 10.4. The zero-order valence-electron chi connectivity index (χ0n) is 11.4. The molecule has 0 saturated carbocycles. The summed E-state index contributed by atoms with van der Waals surface area (Å²) in [7, 11) is -3.79. The second-order valence-corrected chi connectivity index (χ2v) is 7.54. The molecule has 0 bridgehead atoms. The highest BCUT2D eigenvalue weighted by Crippen LogP contribution is 2.43. The van der Waals surface area contributed by atoms with E-state index in [1.807, 2.05) is 0 Å². The number of nitrogens with two attached hydrogens (primary N) is 1. The number of halogens is 1. The Morgan fingerprint density at radius 3 is 2.45 bits per heavy atom. The Kier molecular flexibility index (Phi) is 3.58. The van der Waals surface area contributed by atoms with Crippen molar-refractivity contribution in [3.8, 4) is 0 Å². The highest BCUT2D eigenvalue weighted by molar-refractivity contribution is 7.91. The van der Waals surface area contributed by atoms with Crippen molar-refractivity contribution < 1.29 is 13.2 Å². The van der Waals surface area contributed by atoms with Crippen molar-refractivity contribution in [3.63, 3.8) is 0 Å². The molecule has 5 nitrogen and oxygen atoms in total. The van der Waals surface area contributed by atoms with Gasteiger partial charge in [0.05, 0.1) is 4.90 Å². The number of hydrogen-bond acceptors (Lipinski definition) is 4. The summed E-state index contributed by atoms with van der Waals surface area (Å²) in [4.78, 5) is 11.8. The normalized spacial score (nSPS) is 20.2. The number of primary amides is 1. The third kappa shape index (κ3) is 2.34. The Labute approximate surface area is 133 Å². The molecule has 3 rings (SSSR count). The lowest BCUT2D eigenvalue weighted by Gasteiger charge is -2.18. The average molecular weight is 337 g/mol. The number of fused-ring (bicyclic) bond motifs is 1. The highest BCUT2D eigenvalue weighted by atomic mass is 35.5. The Balaban J connectivity index is 2.19. The molecule has 0 spiro atoms. The zero-order valence-corrected chi connectivity index (χ0v) is 12.9. The molecule has 2 atom stereocenters. The lowest BCUT2D eigenvalue weighted by molar-refractivity contribution is -0.118. The first kappa shape index (κ1) is 14.9. The van der Waals surface area contributed by atoms with Crippen molar-refractivity contribution in [2.24, 2.45) is 5.73 Å². The van der Waals surface area contributed by atoms with E-state index in [0.717, 1.165) is 0 Å². The van der Waals surface area contributed by atoms with Crippen LogP contribution in [-0.4, -0.2) is 20.4 Å². The van der Waals surface area contributed by atoms with Gasteiger partial charge in [0.1, 0.15) is 11.3 Å². The largest absolute Gasteiger partial charge is 0.372 e. The van der Waals surface area contributed by atoms with Crippen LogP contribution < -0.4 is 11.1 Å². The third-order valence-corrected chi connectivity index (χ3v) is 6.01. The van der Waals surface area contributed by atoms with Crippen molar-refractivity contribution in [1.29, 1.82) is 0 Å². The molecule has 1 aliphatic heterocycles. The van der Waals surface area contributed by atoms with Crippen LogP contribution >= 0.6 is 11.6 Å². The van der Waals surface area contributed by atoms with Gasteiger partial charge in [-0.2, -0.15) is 0 Å². The molecule has 0 saturated heterocycles. The number of carbonyl (C=O) groups is 1. The molecule has 114 valence electrons. The molecular weight excluding hydrogens is 324 g/mol. The fraction of sp³-hybridized carbons (Fsp3) is 0.133. The van der Waals surface area contributed by atoms with Crippen molar-refractivity contribution >= 4 is 33.0 Å². The topological polar surface area (TPSA) is 89.3 Å². The van der Waals surface area contributed by atoms with E-state index >= 15 is 0 Å². The number of sulfone groups is 1. The zero-order chi connectivity index (χ0) is 15.9. The van der Waals surface area contributed by atoms with Crippen LogP contribution in [0.1, 0.15) is 10.8 Å². The van der Waals surface area contributed by atoms with E-state index in [-0.39, 0.29) is 4.90 Å². The molecule has 22 heavy (non-hydrogen) atoms. The summed E-state index contributed by atoms with van der Waals surface area (Å²) in [5.41, 5.74) is 6.39. The fourth-order valence-electron chi connectivity index (χ4n) is 2.65. The van der Waals surface area contributed by atoms with Gasteiger partial charge in [-0.05, 0) is 35.9 Å². The van der Waals surface area contributed by atoms with Gasteiger partial charge in [0.15, 0.2) is 9.84 Å². The molecule has 1 aliphatic rings. The number of nitrogens with one attached hydrogen (secondary N) is 1. The molecule has 1 heterocycles. The highest BCUT2D eigenvalue weighted by Gasteiger charge is 2.45. The molecule has 0 fully saturated rings. The van der Waals surface area contributed by atoms with Gasteiger partial charge in [-0.3, -0.25) is 4.79 Å². The van der Waals surface area contributed by atoms with Gasteiger partial charge in [0, 0.05) is 10.7 Å². The molecule has 3 N–H and O–H groups in total. The number of rotatable bonds is 3. The maximum absolute atomic E-state index is 12.9. The summed E-state index contributed by atoms with van der Waals surface area (Å²) >= 11 is 5.97. The first-order valence-electron chi connectivity index (χ1n) is 6.55. The minimum atomic E-state index is -3.79. The van der Waals surface area contributed by atoms with E-state index in [2.05, 4.69) is 5.32 Å². The van der Waals surface area contributed by atoms with Crippen LogP contribution in [0.3, 0.4) is 0 Å². The Morgan fingerprint density at radius 2 is 1.82 bits per heavy atom. The molecule has 0 radical (unpaired) electrons. The molecule has 0 aromatic heterocycles. The maximum atomic E-state index is 12.9. The van der Waals surface area contributed by atoms with Crippen LogP contribution in [0, 0.1) is 0 Å². The summed E-state index contributed by atoms with van der Waals surface area (Å²) < 4.78 is 25.9. The van der Waals surface area contributed by atoms with Gasteiger partial charge in [0.2, 0.25) is 5.91 Å². The summed E-state index contributed by atoms with van der Waals surface area (Å²) in [6, 6.07) is 11.8. The minimum absolute atomic E-state index is 0.140. The summed E-state index contributed by atoms with van der Waals surface area (Å²) in [6.07, 6.45) is 0. The van der Waals surface area contributed by atoms with Crippen molar-refractivity contribution in [3.05, 3.63) is 59.1 Å². The second kappa shape index (κ2) is 5.30. The lowest BCUT2D eigenvalue weighted by Crippen LogP contribution is -2.39. The predicted octanol–water partition coefficient (Wildman–Crippen LogP) is 2.13. The molecule has 0 unspecified atom stereocenters. The Bertz CT molecular complexity index is 837. The van der Waals surface area contributed by atoms with E-state index in [0.29, 0.717) is 16.3 Å². The number of anilines is 1. The van der Waals surface area contributed by atoms with E-state index < -0.39 is 27.0 Å². The SMILES string of the molecule is NC(=O)[C@H]1Nc2ccc(Cl)cc2[C@H]1S(=O)(=O)c1ccccc1. The summed E-state index contributed by atoms with van der Waals surface area (Å²) in [5, 5.41) is 2.18. The van der Waals surface area contributed by atoms with Gasteiger partial charge >= 0.3 is 0 Å². The number of carbonyl (C=O) groups excluding carboxylic acids is 1. The second-order valence-electron chi connectivity index (χ2n) is 5.03. The van der Waals surface area contributed by atoms with Gasteiger partial charge in [0.25, 0.3) is 0 Å². The van der Waals surface area contributed by atoms with Gasteiger partial charge in [-0.1, -0.05) is 29.8 Å². The van der Waals surface area contributed by atoms with Gasteiger partial charge < -0.3 is 11.1 Å². The molecule has 7 heteroatoms. The number of amides is 1. The number of benzene rings is 2. The monoisotopic (exact) mass is 336 g/mol. The maximum Gasteiger partial charge on any atom is 0.241 e. The molecule has 1 amide bonds. The Morgan fingerprint density at radius 1 is 1.14 bits per heavy atom. The summed E-state index contributed by atoms with van der Waals surface area (Å²) in [6.45, 7) is 0. The van der Waals surface area contributed by atoms with Crippen LogP contribution in [0.15, 0.2) is 53.4 Å². The van der Waals surface area contributed by atoms with Crippen molar-refractivity contribution in [2.45, 2.75) is 16.2 Å². The van der Waals surface area contributed by atoms with Gasteiger partial charge in [-0.25, -0.2) is 8.42 Å². The minimum Gasteiger partial charge on any atom is -0.372 e. The fourth-order valence-corrected chi connectivity index (χ4v) is 4.75. The average Bonchev–Trinajstić information content (AvgIpc) is 2.87. The third-order valence-electron chi connectivity index (χ3n) is 3.65. The summed E-state index contributed by atoms with van der Waals surface area (Å²) in [5.74, 6) is -0.725. The van der Waals surface area contributed by atoms with E-state index in [9.17, 15) is 13.2 Å². The quantitative estimate of drug-likeness (QED) is 0.898. The molecular formula is C15H13ClN2O3S. The lowest BCUT2D eigenvalue weighted by atomic mass is 10.1. The van der Waals surface area contributed by atoms with Crippen LogP contribution in [-0.2, 0) is 14.6 Å².